The molecule has 28 heavy (non-hydrogen) atoms. The summed E-state index contributed by atoms with van der Waals surface area (Å²) in [6, 6.07) is 16.7. The largest absolute Gasteiger partial charge is 0.339 e. The van der Waals surface area contributed by atoms with Crippen LogP contribution in [0.5, 0.6) is 0 Å². The number of nitrogens with zero attached hydrogens (tertiary/aromatic N) is 2. The topological polar surface area (TPSA) is 54.3 Å². The van der Waals surface area contributed by atoms with Crippen LogP contribution in [0.4, 0.5) is 0 Å². The summed E-state index contributed by atoms with van der Waals surface area (Å²) in [5.41, 5.74) is 1.06. The molecular weight excluding hydrogens is 370 g/mol. The van der Waals surface area contributed by atoms with Gasteiger partial charge in [0.25, 0.3) is 11.5 Å². The van der Waals surface area contributed by atoms with Crippen molar-refractivity contribution in [2.75, 3.05) is 26.2 Å². The van der Waals surface area contributed by atoms with Crippen molar-refractivity contribution in [1.29, 1.82) is 0 Å². The van der Waals surface area contributed by atoms with E-state index in [-0.39, 0.29) is 16.9 Å². The minimum Gasteiger partial charge on any atom is -0.339 e. The van der Waals surface area contributed by atoms with E-state index in [0.717, 1.165) is 49.3 Å². The predicted octanol–water partition coefficient (Wildman–Crippen LogP) is 2.86. The standard InChI is InChI=1S/C22H23N3O2S/c26-20-17-8-4-5-9-18(17)28-25(20)19(16-6-2-1-3-7-16)21(27)24-14-22(15-24)10-12-23-13-11-22/h1-9,19,23H,10-15H2. The second-order valence-corrected chi connectivity index (χ2v) is 8.99. The Morgan fingerprint density at radius 3 is 2.39 bits per heavy atom. The van der Waals surface area contributed by atoms with Gasteiger partial charge in [-0.3, -0.25) is 9.59 Å². The Kier molecular flexibility index (Phi) is 4.33. The van der Waals surface area contributed by atoms with Gasteiger partial charge in [0.2, 0.25) is 0 Å². The van der Waals surface area contributed by atoms with Crippen LogP contribution in [0.3, 0.4) is 0 Å². The summed E-state index contributed by atoms with van der Waals surface area (Å²) < 4.78 is 2.58. The van der Waals surface area contributed by atoms with Gasteiger partial charge in [0.1, 0.15) is 0 Å². The summed E-state index contributed by atoms with van der Waals surface area (Å²) >= 11 is 1.38. The molecule has 2 saturated heterocycles. The first kappa shape index (κ1) is 17.6. The molecule has 2 fully saturated rings. The minimum atomic E-state index is -0.592. The van der Waals surface area contributed by atoms with Gasteiger partial charge in [-0.1, -0.05) is 54.0 Å². The number of carbonyl (C=O) groups is 1. The Hall–Kier alpha value is -2.44. The molecule has 3 heterocycles. The smallest absolute Gasteiger partial charge is 0.269 e. The lowest BCUT2D eigenvalue weighted by atomic mass is 9.72. The monoisotopic (exact) mass is 393 g/mol. The third-order valence-electron chi connectivity index (χ3n) is 6.13. The van der Waals surface area contributed by atoms with Gasteiger partial charge in [0.05, 0.1) is 10.1 Å². The molecule has 1 unspecified atom stereocenters. The van der Waals surface area contributed by atoms with Gasteiger partial charge >= 0.3 is 0 Å². The van der Waals surface area contributed by atoms with E-state index in [2.05, 4.69) is 5.32 Å². The number of piperidine rings is 1. The molecule has 0 bridgehead atoms. The molecule has 0 aliphatic carbocycles. The van der Waals surface area contributed by atoms with Crippen molar-refractivity contribution < 1.29 is 4.79 Å². The fourth-order valence-corrected chi connectivity index (χ4v) is 5.64. The molecule has 144 valence electrons. The number of benzene rings is 2. The van der Waals surface area contributed by atoms with E-state index in [4.69, 9.17) is 0 Å². The number of rotatable bonds is 3. The van der Waals surface area contributed by atoms with Crippen LogP contribution in [0.25, 0.3) is 10.1 Å². The third kappa shape index (κ3) is 2.88. The van der Waals surface area contributed by atoms with E-state index < -0.39 is 6.04 Å². The Balaban J connectivity index is 1.51. The normalized spacial score (nSPS) is 19.5. The van der Waals surface area contributed by atoms with E-state index in [1.165, 1.54) is 11.5 Å². The maximum absolute atomic E-state index is 13.5. The van der Waals surface area contributed by atoms with Gasteiger partial charge in [-0.2, -0.15) is 0 Å². The summed E-state index contributed by atoms with van der Waals surface area (Å²) in [6.07, 6.45) is 2.24. The first-order valence-electron chi connectivity index (χ1n) is 9.82. The van der Waals surface area contributed by atoms with Crippen molar-refractivity contribution >= 4 is 27.5 Å². The second kappa shape index (κ2) is 6.87. The Bertz CT molecular complexity index is 1060. The van der Waals surface area contributed by atoms with E-state index in [0.29, 0.717) is 5.39 Å². The highest BCUT2D eigenvalue weighted by Crippen LogP contribution is 2.40. The molecule has 2 aliphatic heterocycles. The molecule has 2 aliphatic rings. The van der Waals surface area contributed by atoms with Crippen molar-refractivity contribution in [1.82, 2.24) is 14.2 Å². The lowest BCUT2D eigenvalue weighted by Crippen LogP contribution is -2.62. The van der Waals surface area contributed by atoms with Crippen molar-refractivity contribution in [2.24, 2.45) is 5.41 Å². The lowest BCUT2D eigenvalue weighted by molar-refractivity contribution is -0.147. The summed E-state index contributed by atoms with van der Waals surface area (Å²) in [6.45, 7) is 3.66. The number of fused-ring (bicyclic) bond motifs is 1. The molecule has 1 aromatic heterocycles. The van der Waals surface area contributed by atoms with E-state index in [1.54, 1.807) is 3.96 Å². The zero-order valence-electron chi connectivity index (χ0n) is 15.6. The number of hydrogen-bond acceptors (Lipinski definition) is 4. The van der Waals surface area contributed by atoms with Crippen LogP contribution in [0.15, 0.2) is 59.4 Å². The SMILES string of the molecule is O=C(C(c1ccccc1)n1sc2ccccc2c1=O)N1CC2(CCNCC2)C1. The molecule has 1 spiro atoms. The van der Waals surface area contributed by atoms with Crippen molar-refractivity contribution in [3.05, 3.63) is 70.5 Å². The Morgan fingerprint density at radius 2 is 1.68 bits per heavy atom. The van der Waals surface area contributed by atoms with Gasteiger partial charge in [-0.25, -0.2) is 3.96 Å². The van der Waals surface area contributed by atoms with E-state index >= 15 is 0 Å². The highest BCUT2D eigenvalue weighted by atomic mass is 32.1. The van der Waals surface area contributed by atoms with Gasteiger partial charge in [-0.05, 0) is 43.6 Å². The first-order chi connectivity index (χ1) is 13.7. The van der Waals surface area contributed by atoms with Crippen LogP contribution >= 0.6 is 11.5 Å². The van der Waals surface area contributed by atoms with Crippen molar-refractivity contribution in [3.8, 4) is 0 Å². The fourth-order valence-electron chi connectivity index (χ4n) is 4.54. The third-order valence-corrected chi connectivity index (χ3v) is 7.25. The highest BCUT2D eigenvalue weighted by molar-refractivity contribution is 7.14. The second-order valence-electron chi connectivity index (χ2n) is 7.98. The molecule has 1 N–H and O–H groups in total. The summed E-state index contributed by atoms with van der Waals surface area (Å²) in [5.74, 6) is 0.0315. The molecule has 1 atom stereocenters. The van der Waals surface area contributed by atoms with Gasteiger partial charge in [0.15, 0.2) is 6.04 Å². The quantitative estimate of drug-likeness (QED) is 0.745. The van der Waals surface area contributed by atoms with Crippen LogP contribution in [0, 0.1) is 5.41 Å². The minimum absolute atomic E-state index is 0.0315. The van der Waals surface area contributed by atoms with Crippen LogP contribution in [0.2, 0.25) is 0 Å². The van der Waals surface area contributed by atoms with E-state index in [1.807, 2.05) is 59.5 Å². The molecule has 6 heteroatoms. The molecule has 0 saturated carbocycles. The number of aromatic nitrogens is 1. The molecule has 3 aromatic rings. The Morgan fingerprint density at radius 1 is 1.00 bits per heavy atom. The summed E-state index contributed by atoms with van der Waals surface area (Å²) in [4.78, 5) is 28.5. The average molecular weight is 394 g/mol. The average Bonchev–Trinajstić information content (AvgIpc) is 3.04. The first-order valence-corrected chi connectivity index (χ1v) is 10.6. The zero-order valence-corrected chi connectivity index (χ0v) is 16.5. The zero-order chi connectivity index (χ0) is 19.1. The van der Waals surface area contributed by atoms with Crippen LogP contribution in [-0.4, -0.2) is 40.9 Å². The number of amides is 1. The van der Waals surface area contributed by atoms with Crippen LogP contribution < -0.4 is 10.9 Å². The highest BCUT2D eigenvalue weighted by Gasteiger charge is 2.47. The molecule has 5 rings (SSSR count). The lowest BCUT2D eigenvalue weighted by Gasteiger charge is -2.53. The number of nitrogens with one attached hydrogen (secondary N) is 1. The summed E-state index contributed by atoms with van der Waals surface area (Å²) in [5, 5.41) is 4.08. The number of hydrogen-bond donors (Lipinski definition) is 1. The molecule has 5 nitrogen and oxygen atoms in total. The van der Waals surface area contributed by atoms with Crippen LogP contribution in [-0.2, 0) is 4.79 Å². The molecule has 0 radical (unpaired) electrons. The van der Waals surface area contributed by atoms with E-state index in [9.17, 15) is 9.59 Å². The summed E-state index contributed by atoms with van der Waals surface area (Å²) in [7, 11) is 0. The molecule has 1 amide bonds. The van der Waals surface area contributed by atoms with Gasteiger partial charge < -0.3 is 10.2 Å². The van der Waals surface area contributed by atoms with Crippen LogP contribution in [0.1, 0.15) is 24.4 Å². The maximum atomic E-state index is 13.5. The fraction of sp³-hybridized carbons (Fsp3) is 0.364. The number of carbonyl (C=O) groups excluding carboxylic acids is 1. The van der Waals surface area contributed by atoms with Crippen molar-refractivity contribution in [2.45, 2.75) is 18.9 Å². The molecule has 2 aromatic carbocycles. The number of likely N-dealkylation sites (tertiary alicyclic amines) is 1. The van der Waals surface area contributed by atoms with Gasteiger partial charge in [-0.15, -0.1) is 0 Å². The predicted molar refractivity (Wildman–Crippen MR) is 112 cm³/mol. The van der Waals surface area contributed by atoms with Crippen molar-refractivity contribution in [3.63, 3.8) is 0 Å². The maximum Gasteiger partial charge on any atom is 0.269 e. The molecular formula is C22H23N3O2S. The Labute approximate surface area is 167 Å². The van der Waals surface area contributed by atoms with Gasteiger partial charge in [0, 0.05) is 18.5 Å².